The summed E-state index contributed by atoms with van der Waals surface area (Å²) in [6.45, 7) is 2.06. The molecule has 0 saturated heterocycles. The average Bonchev–Trinajstić information content (AvgIpc) is 3.14. The van der Waals surface area contributed by atoms with E-state index in [9.17, 15) is 0 Å². The summed E-state index contributed by atoms with van der Waals surface area (Å²) < 4.78 is 5.54. The first-order chi connectivity index (χ1) is 9.74. The Morgan fingerprint density at radius 2 is 2.00 bits per heavy atom. The maximum atomic E-state index is 6.35. The van der Waals surface area contributed by atoms with E-state index in [1.807, 2.05) is 18.2 Å². The van der Waals surface area contributed by atoms with E-state index in [-0.39, 0.29) is 12.0 Å². The maximum absolute atomic E-state index is 6.35. The van der Waals surface area contributed by atoms with Crippen molar-refractivity contribution in [3.05, 3.63) is 35.7 Å². The SMILES string of the molecule is Cc1ccccc1-c1noc(C2C3CCC(C3)C2N)n1. The molecule has 2 aliphatic carbocycles. The van der Waals surface area contributed by atoms with Gasteiger partial charge in [0.05, 0.1) is 5.92 Å². The van der Waals surface area contributed by atoms with Crippen molar-refractivity contribution in [1.29, 1.82) is 0 Å². The molecule has 4 rings (SSSR count). The number of hydrogen-bond acceptors (Lipinski definition) is 4. The van der Waals surface area contributed by atoms with Gasteiger partial charge in [-0.05, 0) is 43.6 Å². The van der Waals surface area contributed by atoms with Crippen LogP contribution in [0.1, 0.15) is 36.6 Å². The fourth-order valence-corrected chi connectivity index (χ4v) is 4.01. The molecule has 4 unspecified atom stereocenters. The van der Waals surface area contributed by atoms with Crippen molar-refractivity contribution in [1.82, 2.24) is 10.1 Å². The summed E-state index contributed by atoms with van der Waals surface area (Å²) in [5, 5.41) is 4.17. The molecule has 4 atom stereocenters. The smallest absolute Gasteiger partial charge is 0.231 e. The minimum absolute atomic E-state index is 0.193. The molecule has 0 spiro atoms. The Hall–Kier alpha value is -1.68. The highest BCUT2D eigenvalue weighted by atomic mass is 16.5. The predicted molar refractivity (Wildman–Crippen MR) is 76.0 cm³/mol. The Kier molecular flexibility index (Phi) is 2.67. The second-order valence-corrected chi connectivity index (χ2v) is 6.21. The van der Waals surface area contributed by atoms with Gasteiger partial charge in [0, 0.05) is 11.6 Å². The normalized spacial score (nSPS) is 31.9. The number of benzene rings is 1. The van der Waals surface area contributed by atoms with Gasteiger partial charge in [-0.2, -0.15) is 4.98 Å². The molecule has 1 heterocycles. The minimum atomic E-state index is 0.193. The van der Waals surface area contributed by atoms with Gasteiger partial charge < -0.3 is 10.3 Å². The zero-order valence-electron chi connectivity index (χ0n) is 11.6. The fourth-order valence-electron chi connectivity index (χ4n) is 4.01. The van der Waals surface area contributed by atoms with E-state index in [2.05, 4.69) is 23.1 Å². The van der Waals surface area contributed by atoms with Crippen LogP contribution in [0, 0.1) is 18.8 Å². The van der Waals surface area contributed by atoms with Crippen LogP contribution >= 0.6 is 0 Å². The molecule has 4 nitrogen and oxygen atoms in total. The lowest BCUT2D eigenvalue weighted by Gasteiger charge is -2.24. The van der Waals surface area contributed by atoms with Crippen molar-refractivity contribution >= 4 is 0 Å². The number of nitrogens with zero attached hydrogens (tertiary/aromatic N) is 2. The monoisotopic (exact) mass is 269 g/mol. The van der Waals surface area contributed by atoms with Gasteiger partial charge in [-0.15, -0.1) is 0 Å². The van der Waals surface area contributed by atoms with Gasteiger partial charge >= 0.3 is 0 Å². The molecule has 20 heavy (non-hydrogen) atoms. The summed E-state index contributed by atoms with van der Waals surface area (Å²) in [6, 6.07) is 8.31. The van der Waals surface area contributed by atoms with E-state index in [4.69, 9.17) is 10.3 Å². The first-order valence-electron chi connectivity index (χ1n) is 7.39. The molecule has 1 aromatic carbocycles. The van der Waals surface area contributed by atoms with Gasteiger partial charge in [0.15, 0.2) is 0 Å². The average molecular weight is 269 g/mol. The number of aryl methyl sites for hydroxylation is 1. The lowest BCUT2D eigenvalue weighted by atomic mass is 9.85. The number of hydrogen-bond donors (Lipinski definition) is 1. The largest absolute Gasteiger partial charge is 0.339 e. The van der Waals surface area contributed by atoms with Gasteiger partial charge in [0.2, 0.25) is 11.7 Å². The lowest BCUT2D eigenvalue weighted by molar-refractivity contribution is 0.279. The number of rotatable bonds is 2. The van der Waals surface area contributed by atoms with E-state index in [1.54, 1.807) is 0 Å². The van der Waals surface area contributed by atoms with Crippen LogP contribution in [0.25, 0.3) is 11.4 Å². The van der Waals surface area contributed by atoms with Crippen LogP contribution in [0.4, 0.5) is 0 Å². The topological polar surface area (TPSA) is 64.9 Å². The molecule has 0 amide bonds. The zero-order chi connectivity index (χ0) is 13.7. The molecular weight excluding hydrogens is 250 g/mol. The highest BCUT2D eigenvalue weighted by molar-refractivity contribution is 5.59. The summed E-state index contributed by atoms with van der Waals surface area (Å²) >= 11 is 0. The summed E-state index contributed by atoms with van der Waals surface area (Å²) in [4.78, 5) is 4.63. The molecule has 0 radical (unpaired) electrons. The third-order valence-corrected chi connectivity index (χ3v) is 5.09. The lowest BCUT2D eigenvalue weighted by Crippen LogP contribution is -2.34. The second-order valence-electron chi connectivity index (χ2n) is 6.21. The Morgan fingerprint density at radius 1 is 1.20 bits per heavy atom. The van der Waals surface area contributed by atoms with E-state index < -0.39 is 0 Å². The standard InChI is InChI=1S/C16H19N3O/c1-9-4-2-3-5-12(9)15-18-16(20-19-15)13-10-6-7-11(8-10)14(13)17/h2-5,10-11,13-14H,6-8,17H2,1H3. The molecule has 2 aromatic rings. The van der Waals surface area contributed by atoms with Crippen molar-refractivity contribution in [2.45, 2.75) is 38.1 Å². The third-order valence-electron chi connectivity index (χ3n) is 5.09. The second kappa shape index (κ2) is 4.42. The van der Waals surface area contributed by atoms with Crippen LogP contribution in [0.2, 0.25) is 0 Å². The predicted octanol–water partition coefficient (Wildman–Crippen LogP) is 2.89. The highest BCUT2D eigenvalue weighted by Crippen LogP contribution is 2.51. The minimum Gasteiger partial charge on any atom is -0.339 e. The molecule has 4 heteroatoms. The van der Waals surface area contributed by atoms with Crippen molar-refractivity contribution in [2.24, 2.45) is 17.6 Å². The van der Waals surface area contributed by atoms with Crippen LogP contribution in [-0.2, 0) is 0 Å². The summed E-state index contributed by atoms with van der Waals surface area (Å²) in [5.41, 5.74) is 8.55. The fraction of sp³-hybridized carbons (Fsp3) is 0.500. The van der Waals surface area contributed by atoms with E-state index in [0.29, 0.717) is 17.7 Å². The molecule has 2 saturated carbocycles. The summed E-state index contributed by atoms with van der Waals surface area (Å²) in [6.07, 6.45) is 3.75. The van der Waals surface area contributed by atoms with Crippen LogP contribution < -0.4 is 5.73 Å². The number of nitrogens with two attached hydrogens (primary N) is 1. The third kappa shape index (κ3) is 1.71. The zero-order valence-corrected chi connectivity index (χ0v) is 11.6. The summed E-state index contributed by atoms with van der Waals surface area (Å²) in [5.74, 6) is 2.98. The molecule has 104 valence electrons. The molecule has 2 bridgehead atoms. The van der Waals surface area contributed by atoms with Crippen LogP contribution in [0.3, 0.4) is 0 Å². The van der Waals surface area contributed by atoms with Crippen molar-refractivity contribution in [2.75, 3.05) is 0 Å². The first-order valence-corrected chi connectivity index (χ1v) is 7.39. The summed E-state index contributed by atoms with van der Waals surface area (Å²) in [7, 11) is 0. The van der Waals surface area contributed by atoms with Gasteiger partial charge in [0.25, 0.3) is 0 Å². The first kappa shape index (κ1) is 12.1. The maximum Gasteiger partial charge on any atom is 0.231 e. The van der Waals surface area contributed by atoms with Gasteiger partial charge in [-0.3, -0.25) is 0 Å². The Bertz CT molecular complexity index is 634. The Labute approximate surface area is 118 Å². The van der Waals surface area contributed by atoms with Crippen molar-refractivity contribution in [3.8, 4) is 11.4 Å². The van der Waals surface area contributed by atoms with Crippen molar-refractivity contribution in [3.63, 3.8) is 0 Å². The molecule has 2 fully saturated rings. The van der Waals surface area contributed by atoms with Crippen LogP contribution in [-0.4, -0.2) is 16.2 Å². The van der Waals surface area contributed by atoms with E-state index in [0.717, 1.165) is 17.0 Å². The Balaban J connectivity index is 1.68. The molecule has 2 N–H and O–H groups in total. The molecule has 0 aliphatic heterocycles. The molecule has 1 aromatic heterocycles. The Morgan fingerprint density at radius 3 is 2.75 bits per heavy atom. The van der Waals surface area contributed by atoms with Gasteiger partial charge in [-0.1, -0.05) is 29.4 Å². The number of aromatic nitrogens is 2. The van der Waals surface area contributed by atoms with Crippen molar-refractivity contribution < 1.29 is 4.52 Å². The van der Waals surface area contributed by atoms with Crippen LogP contribution in [0.5, 0.6) is 0 Å². The van der Waals surface area contributed by atoms with E-state index >= 15 is 0 Å². The molecule has 2 aliphatic rings. The van der Waals surface area contributed by atoms with Gasteiger partial charge in [-0.25, -0.2) is 0 Å². The van der Waals surface area contributed by atoms with Gasteiger partial charge in [0.1, 0.15) is 0 Å². The molecular formula is C16H19N3O. The van der Waals surface area contributed by atoms with E-state index in [1.165, 1.54) is 19.3 Å². The van der Waals surface area contributed by atoms with Crippen LogP contribution in [0.15, 0.2) is 28.8 Å². The quantitative estimate of drug-likeness (QED) is 0.910. The highest BCUT2D eigenvalue weighted by Gasteiger charge is 2.48. The number of fused-ring (bicyclic) bond motifs is 2.